The molecule has 2 heterocycles. The van der Waals surface area contributed by atoms with Crippen molar-refractivity contribution in [3.05, 3.63) is 35.5 Å². The van der Waals surface area contributed by atoms with Crippen molar-refractivity contribution in [1.82, 2.24) is 4.98 Å². The van der Waals surface area contributed by atoms with E-state index >= 15 is 0 Å². The third kappa shape index (κ3) is 2.42. The number of aryl methyl sites for hydroxylation is 1. The Hall–Kier alpha value is -1.62. The number of nitrogens with one attached hydrogen (secondary N) is 1. The van der Waals surface area contributed by atoms with Crippen LogP contribution >= 0.6 is 0 Å². The molecule has 1 aromatic carbocycles. The van der Waals surface area contributed by atoms with Crippen LogP contribution in [0.1, 0.15) is 17.7 Å². The fraction of sp³-hybridized carbons (Fsp3) is 0.357. The van der Waals surface area contributed by atoms with Crippen LogP contribution in [0.3, 0.4) is 0 Å². The van der Waals surface area contributed by atoms with Gasteiger partial charge in [0.2, 0.25) is 0 Å². The summed E-state index contributed by atoms with van der Waals surface area (Å²) < 4.78 is 22.8. The van der Waals surface area contributed by atoms with Gasteiger partial charge in [0.15, 0.2) is 9.84 Å². The van der Waals surface area contributed by atoms with Crippen LogP contribution in [-0.4, -0.2) is 37.2 Å². The Morgan fingerprint density at radius 2 is 2.16 bits per heavy atom. The largest absolute Gasteiger partial charge is 0.358 e. The van der Waals surface area contributed by atoms with Crippen molar-refractivity contribution in [3.63, 3.8) is 0 Å². The highest BCUT2D eigenvalue weighted by molar-refractivity contribution is 7.91. The Bertz CT molecular complexity index is 744. The van der Waals surface area contributed by atoms with Crippen LogP contribution < -0.4 is 0 Å². The zero-order chi connectivity index (χ0) is 13.5. The highest BCUT2D eigenvalue weighted by atomic mass is 32.2. The number of para-hydroxylation sites is 1. The molecule has 0 amide bonds. The van der Waals surface area contributed by atoms with Gasteiger partial charge in [0.25, 0.3) is 0 Å². The molecule has 3 rings (SSSR count). The number of aromatic amines is 1. The quantitative estimate of drug-likeness (QED) is 0.854. The standard InChI is InChI=1S/C14H16N2O2S/c1-10-13(12-4-2-3-5-14(12)16-10)8-15-11-6-7-19(17,18)9-11/h2-5,8,11,16H,6-7,9H2,1H3/t11-/m1/s1. The first kappa shape index (κ1) is 12.4. The van der Waals surface area contributed by atoms with Gasteiger partial charge in [-0.15, -0.1) is 0 Å². The third-order valence-electron chi connectivity index (χ3n) is 3.57. The molecule has 1 N–H and O–H groups in total. The summed E-state index contributed by atoms with van der Waals surface area (Å²) in [6.45, 7) is 2.01. The number of fused-ring (bicyclic) bond motifs is 1. The molecule has 0 aliphatic carbocycles. The summed E-state index contributed by atoms with van der Waals surface area (Å²) in [4.78, 5) is 7.76. The Balaban J connectivity index is 1.91. The number of benzene rings is 1. The maximum Gasteiger partial charge on any atom is 0.152 e. The van der Waals surface area contributed by atoms with Crippen LogP contribution in [0.5, 0.6) is 0 Å². The number of aromatic nitrogens is 1. The molecule has 0 radical (unpaired) electrons. The monoisotopic (exact) mass is 276 g/mol. The molecular formula is C14H16N2O2S. The van der Waals surface area contributed by atoms with E-state index in [0.29, 0.717) is 6.42 Å². The average molecular weight is 276 g/mol. The first-order valence-corrected chi connectivity index (χ1v) is 8.18. The highest BCUT2D eigenvalue weighted by Gasteiger charge is 2.26. The second kappa shape index (κ2) is 4.49. The number of rotatable bonds is 2. The summed E-state index contributed by atoms with van der Waals surface area (Å²) in [6, 6.07) is 7.97. The van der Waals surface area contributed by atoms with Crippen LogP contribution in [0.2, 0.25) is 0 Å². The maximum absolute atomic E-state index is 11.4. The van der Waals surface area contributed by atoms with Gasteiger partial charge in [-0.3, -0.25) is 4.99 Å². The lowest BCUT2D eigenvalue weighted by Crippen LogP contribution is -2.07. The summed E-state index contributed by atoms with van der Waals surface area (Å²) in [5.41, 5.74) is 3.20. The second-order valence-electron chi connectivity index (χ2n) is 5.04. The van der Waals surface area contributed by atoms with E-state index < -0.39 is 9.84 Å². The van der Waals surface area contributed by atoms with E-state index in [1.165, 1.54) is 0 Å². The molecule has 5 heteroatoms. The molecule has 100 valence electrons. The maximum atomic E-state index is 11.4. The molecule has 4 nitrogen and oxygen atoms in total. The van der Waals surface area contributed by atoms with Crippen molar-refractivity contribution >= 4 is 27.0 Å². The minimum atomic E-state index is -2.86. The Morgan fingerprint density at radius 3 is 2.89 bits per heavy atom. The highest BCUT2D eigenvalue weighted by Crippen LogP contribution is 2.21. The first-order chi connectivity index (χ1) is 9.05. The van der Waals surface area contributed by atoms with Gasteiger partial charge < -0.3 is 4.98 Å². The van der Waals surface area contributed by atoms with E-state index in [4.69, 9.17) is 0 Å². The van der Waals surface area contributed by atoms with Gasteiger partial charge in [0, 0.05) is 28.4 Å². The topological polar surface area (TPSA) is 62.3 Å². The minimum absolute atomic E-state index is 0.0851. The van der Waals surface area contributed by atoms with Gasteiger partial charge >= 0.3 is 0 Å². The molecule has 1 fully saturated rings. The van der Waals surface area contributed by atoms with E-state index in [2.05, 4.69) is 9.98 Å². The number of aliphatic imine (C=N–C) groups is 1. The van der Waals surface area contributed by atoms with Gasteiger partial charge in [0.05, 0.1) is 17.5 Å². The van der Waals surface area contributed by atoms with E-state index in [1.807, 2.05) is 37.4 Å². The van der Waals surface area contributed by atoms with Gasteiger partial charge in [-0.05, 0) is 19.4 Å². The van der Waals surface area contributed by atoms with Gasteiger partial charge in [0.1, 0.15) is 0 Å². The molecule has 1 aliphatic heterocycles. The van der Waals surface area contributed by atoms with E-state index in [9.17, 15) is 8.42 Å². The number of sulfone groups is 1. The van der Waals surface area contributed by atoms with Crippen LogP contribution in [0.15, 0.2) is 29.3 Å². The van der Waals surface area contributed by atoms with Gasteiger partial charge in [-0.2, -0.15) is 0 Å². The van der Waals surface area contributed by atoms with Crippen molar-refractivity contribution in [2.45, 2.75) is 19.4 Å². The Labute approximate surface area is 112 Å². The fourth-order valence-corrected chi connectivity index (χ4v) is 4.17. The molecule has 1 aromatic heterocycles. The number of nitrogens with zero attached hydrogens (tertiary/aromatic N) is 1. The number of hydrogen-bond donors (Lipinski definition) is 1. The smallest absolute Gasteiger partial charge is 0.152 e. The van der Waals surface area contributed by atoms with E-state index in [0.717, 1.165) is 22.2 Å². The van der Waals surface area contributed by atoms with Gasteiger partial charge in [-0.1, -0.05) is 18.2 Å². The molecule has 1 saturated heterocycles. The summed E-state index contributed by atoms with van der Waals surface area (Å²) >= 11 is 0. The molecule has 19 heavy (non-hydrogen) atoms. The average Bonchev–Trinajstić information content (AvgIpc) is 2.86. The first-order valence-electron chi connectivity index (χ1n) is 6.36. The predicted octanol–water partition coefficient (Wildman–Crippen LogP) is 2.08. The normalized spacial score (nSPS) is 22.5. The van der Waals surface area contributed by atoms with Crippen molar-refractivity contribution in [2.75, 3.05) is 11.5 Å². The third-order valence-corrected chi connectivity index (χ3v) is 5.32. The van der Waals surface area contributed by atoms with Crippen LogP contribution in [-0.2, 0) is 9.84 Å². The second-order valence-corrected chi connectivity index (χ2v) is 7.27. The lowest BCUT2D eigenvalue weighted by Gasteiger charge is -1.99. The number of H-pyrrole nitrogens is 1. The van der Waals surface area contributed by atoms with E-state index in [1.54, 1.807) is 0 Å². The molecule has 1 aliphatic rings. The molecule has 0 unspecified atom stereocenters. The lowest BCUT2D eigenvalue weighted by molar-refractivity contribution is 0.601. The number of hydrogen-bond acceptors (Lipinski definition) is 3. The van der Waals surface area contributed by atoms with E-state index in [-0.39, 0.29) is 17.5 Å². The fourth-order valence-electron chi connectivity index (χ4n) is 2.54. The summed E-state index contributed by atoms with van der Waals surface area (Å²) in [6.07, 6.45) is 2.46. The summed E-state index contributed by atoms with van der Waals surface area (Å²) in [7, 11) is -2.86. The summed E-state index contributed by atoms with van der Waals surface area (Å²) in [5.74, 6) is 0.451. The van der Waals surface area contributed by atoms with Crippen LogP contribution in [0.4, 0.5) is 0 Å². The SMILES string of the molecule is Cc1[nH]c2ccccc2c1C=N[C@@H]1CCS(=O)(=O)C1. The zero-order valence-corrected chi connectivity index (χ0v) is 11.6. The Morgan fingerprint density at radius 1 is 1.37 bits per heavy atom. The van der Waals surface area contributed by atoms with Crippen LogP contribution in [0, 0.1) is 6.92 Å². The zero-order valence-electron chi connectivity index (χ0n) is 10.8. The molecule has 0 saturated carbocycles. The molecule has 0 spiro atoms. The van der Waals surface area contributed by atoms with Crippen LogP contribution in [0.25, 0.3) is 10.9 Å². The molecular weight excluding hydrogens is 260 g/mol. The minimum Gasteiger partial charge on any atom is -0.358 e. The van der Waals surface area contributed by atoms with Crippen molar-refractivity contribution in [1.29, 1.82) is 0 Å². The molecule has 1 atom stereocenters. The van der Waals surface area contributed by atoms with Crippen molar-refractivity contribution < 1.29 is 8.42 Å². The van der Waals surface area contributed by atoms with Crippen molar-refractivity contribution in [2.24, 2.45) is 4.99 Å². The van der Waals surface area contributed by atoms with Gasteiger partial charge in [-0.25, -0.2) is 8.42 Å². The van der Waals surface area contributed by atoms with Crippen molar-refractivity contribution in [3.8, 4) is 0 Å². The Kier molecular flexibility index (Phi) is 2.93. The predicted molar refractivity (Wildman–Crippen MR) is 77.7 cm³/mol. The molecule has 0 bridgehead atoms. The lowest BCUT2D eigenvalue weighted by atomic mass is 10.1. The molecule has 2 aromatic rings. The summed E-state index contributed by atoms with van der Waals surface area (Å²) in [5, 5.41) is 1.13.